The maximum Gasteiger partial charge on any atom is 0.346 e. The van der Waals surface area contributed by atoms with E-state index >= 15 is 0 Å². The molecule has 166 valence electrons. The maximum atomic E-state index is 13.9. The van der Waals surface area contributed by atoms with Crippen LogP contribution in [0.5, 0.6) is 0 Å². The molecule has 4 rings (SSSR count). The van der Waals surface area contributed by atoms with Crippen LogP contribution in [0.2, 0.25) is 0 Å². The first-order valence-corrected chi connectivity index (χ1v) is 11.5. The molecule has 2 aliphatic heterocycles. The van der Waals surface area contributed by atoms with E-state index in [1.54, 1.807) is 0 Å². The van der Waals surface area contributed by atoms with Crippen molar-refractivity contribution >= 4 is 24.7 Å². The molecule has 2 amide bonds. The number of amides is 2. The lowest BCUT2D eigenvalue weighted by atomic mass is 9.64. The van der Waals surface area contributed by atoms with Crippen molar-refractivity contribution < 1.29 is 14.1 Å². The minimum atomic E-state index is 0. The van der Waals surface area contributed by atoms with Crippen LogP contribution in [-0.2, 0) is 10.2 Å². The van der Waals surface area contributed by atoms with E-state index in [9.17, 15) is 9.59 Å². The molecule has 2 N–H and O–H groups in total. The van der Waals surface area contributed by atoms with Crippen LogP contribution in [0.15, 0.2) is 24.3 Å². The quantitative estimate of drug-likeness (QED) is 0.532. The molecule has 1 aromatic carbocycles. The molecule has 3 aliphatic rings. The van der Waals surface area contributed by atoms with Crippen molar-refractivity contribution in [2.45, 2.75) is 63.3 Å². The molecule has 0 radical (unpaired) electrons. The Hall–Kier alpha value is -1.43. The topological polar surface area (TPSA) is 58.2 Å². The third-order valence-electron chi connectivity index (χ3n) is 7.88. The molecule has 0 spiro atoms. The summed E-state index contributed by atoms with van der Waals surface area (Å²) in [6.45, 7) is 7.02. The fourth-order valence-corrected chi connectivity index (χ4v) is 6.08. The molecule has 1 saturated carbocycles. The van der Waals surface area contributed by atoms with Crippen LogP contribution in [0.4, 0.5) is 0 Å². The highest BCUT2D eigenvalue weighted by atomic mass is 35.5. The first kappa shape index (κ1) is 23.2. The zero-order valence-electron chi connectivity index (χ0n) is 18.2. The summed E-state index contributed by atoms with van der Waals surface area (Å²) in [7, 11) is 0. The SMILES string of the molecule is CC1CCC[N+](C(=O)c2ccc(C3(CNC=O)CCC3)cc2)(C2CCNCC2)C1.Cl. The fourth-order valence-electron chi connectivity index (χ4n) is 6.08. The van der Waals surface area contributed by atoms with E-state index in [0.717, 1.165) is 70.3 Å². The molecular formula is C24H37ClN3O2+. The van der Waals surface area contributed by atoms with E-state index in [2.05, 4.69) is 41.8 Å². The summed E-state index contributed by atoms with van der Waals surface area (Å²) in [4.78, 5) is 24.7. The number of piperidine rings is 2. The van der Waals surface area contributed by atoms with Gasteiger partial charge in [-0.05, 0) is 43.4 Å². The van der Waals surface area contributed by atoms with Crippen LogP contribution < -0.4 is 10.6 Å². The van der Waals surface area contributed by atoms with E-state index in [1.165, 1.54) is 18.4 Å². The number of benzene rings is 1. The van der Waals surface area contributed by atoms with Gasteiger partial charge in [0.15, 0.2) is 0 Å². The van der Waals surface area contributed by atoms with Gasteiger partial charge in [-0.25, -0.2) is 4.79 Å². The van der Waals surface area contributed by atoms with E-state index in [4.69, 9.17) is 0 Å². The minimum Gasteiger partial charge on any atom is -0.358 e. The second-order valence-corrected chi connectivity index (χ2v) is 9.68. The summed E-state index contributed by atoms with van der Waals surface area (Å²) >= 11 is 0. The molecule has 1 aromatic rings. The van der Waals surface area contributed by atoms with Gasteiger partial charge in [-0.3, -0.25) is 9.28 Å². The zero-order valence-corrected chi connectivity index (χ0v) is 19.0. The number of halogens is 1. The number of carbonyl (C=O) groups is 2. The number of hydrogen-bond donors (Lipinski definition) is 2. The average Bonchev–Trinajstić information content (AvgIpc) is 2.73. The monoisotopic (exact) mass is 434 g/mol. The number of nitrogens with one attached hydrogen (secondary N) is 2. The van der Waals surface area contributed by atoms with Crippen LogP contribution in [0.25, 0.3) is 0 Å². The van der Waals surface area contributed by atoms with Crippen LogP contribution in [-0.4, -0.2) is 55.6 Å². The fraction of sp³-hybridized carbons (Fsp3) is 0.667. The Morgan fingerprint density at radius 2 is 1.87 bits per heavy atom. The van der Waals surface area contributed by atoms with E-state index in [0.29, 0.717) is 28.9 Å². The van der Waals surface area contributed by atoms with Gasteiger partial charge < -0.3 is 10.6 Å². The van der Waals surface area contributed by atoms with Gasteiger partial charge in [-0.1, -0.05) is 25.5 Å². The summed E-state index contributed by atoms with van der Waals surface area (Å²) in [6.07, 6.45) is 8.78. The predicted octanol–water partition coefficient (Wildman–Crippen LogP) is 3.42. The number of quaternary nitrogens is 1. The van der Waals surface area contributed by atoms with Crippen LogP contribution in [0, 0.1) is 5.92 Å². The van der Waals surface area contributed by atoms with E-state index in [1.807, 2.05) is 0 Å². The Balaban J connectivity index is 0.00000256. The standard InChI is InChI=1S/C24H35N3O2.ClH/c1-19-4-2-15-27(16-19,22-9-13-25-14-10-22)23(29)20-5-7-21(8-6-20)24(11-3-12-24)17-26-18-28;/h5-8,18-19,22,25H,2-4,9-17H2,1H3;1H/p+1. The van der Waals surface area contributed by atoms with Crippen molar-refractivity contribution in [2.24, 2.45) is 5.92 Å². The Morgan fingerprint density at radius 1 is 1.17 bits per heavy atom. The van der Waals surface area contributed by atoms with Crippen LogP contribution in [0.1, 0.15) is 67.8 Å². The molecule has 2 heterocycles. The van der Waals surface area contributed by atoms with Gasteiger partial charge in [0, 0.05) is 43.8 Å². The van der Waals surface area contributed by atoms with Gasteiger partial charge in [-0.2, -0.15) is 0 Å². The number of carbonyl (C=O) groups excluding carboxylic acids is 2. The zero-order chi connectivity index (χ0) is 20.3. The number of likely N-dealkylation sites (tertiary alicyclic amines) is 1. The second-order valence-electron chi connectivity index (χ2n) is 9.68. The number of hydrogen-bond acceptors (Lipinski definition) is 3. The Bertz CT molecular complexity index is 728. The van der Waals surface area contributed by atoms with E-state index < -0.39 is 0 Å². The lowest BCUT2D eigenvalue weighted by molar-refractivity contribution is -0.884. The predicted molar refractivity (Wildman–Crippen MR) is 122 cm³/mol. The summed E-state index contributed by atoms with van der Waals surface area (Å²) < 4.78 is 0.653. The maximum absolute atomic E-state index is 13.9. The van der Waals surface area contributed by atoms with Crippen LogP contribution in [0.3, 0.4) is 0 Å². The van der Waals surface area contributed by atoms with Crippen molar-refractivity contribution in [1.82, 2.24) is 10.6 Å². The molecular weight excluding hydrogens is 398 g/mol. The third kappa shape index (κ3) is 4.30. The Morgan fingerprint density at radius 3 is 2.43 bits per heavy atom. The highest BCUT2D eigenvalue weighted by Gasteiger charge is 2.47. The third-order valence-corrected chi connectivity index (χ3v) is 7.88. The van der Waals surface area contributed by atoms with Crippen LogP contribution >= 0.6 is 12.4 Å². The molecule has 2 atom stereocenters. The van der Waals surface area contributed by atoms with Gasteiger partial charge in [0.25, 0.3) is 0 Å². The summed E-state index contributed by atoms with van der Waals surface area (Å²) in [6, 6.07) is 8.84. The molecule has 2 unspecified atom stereocenters. The second kappa shape index (κ2) is 9.80. The summed E-state index contributed by atoms with van der Waals surface area (Å²) in [5, 5.41) is 6.34. The van der Waals surface area contributed by atoms with E-state index in [-0.39, 0.29) is 17.8 Å². The first-order valence-electron chi connectivity index (χ1n) is 11.5. The molecule has 2 saturated heterocycles. The number of rotatable bonds is 6. The molecule has 6 heteroatoms. The largest absolute Gasteiger partial charge is 0.358 e. The molecule has 3 fully saturated rings. The lowest BCUT2D eigenvalue weighted by Gasteiger charge is -2.48. The van der Waals surface area contributed by atoms with Crippen molar-refractivity contribution in [3.8, 4) is 0 Å². The van der Waals surface area contributed by atoms with Gasteiger partial charge in [-0.15, -0.1) is 12.4 Å². The van der Waals surface area contributed by atoms with Gasteiger partial charge in [0.05, 0.1) is 24.7 Å². The Kier molecular flexibility index (Phi) is 7.59. The van der Waals surface area contributed by atoms with Crippen molar-refractivity contribution in [2.75, 3.05) is 32.7 Å². The van der Waals surface area contributed by atoms with Crippen molar-refractivity contribution in [1.29, 1.82) is 0 Å². The smallest absolute Gasteiger partial charge is 0.346 e. The summed E-state index contributed by atoms with van der Waals surface area (Å²) in [5.74, 6) is 0.929. The Labute approximate surface area is 187 Å². The van der Waals surface area contributed by atoms with Gasteiger partial charge >= 0.3 is 5.91 Å². The number of nitrogens with zero attached hydrogens (tertiary/aromatic N) is 1. The van der Waals surface area contributed by atoms with Gasteiger partial charge in [0.1, 0.15) is 0 Å². The van der Waals surface area contributed by atoms with Crippen molar-refractivity contribution in [3.05, 3.63) is 35.4 Å². The molecule has 0 bridgehead atoms. The lowest BCUT2D eigenvalue weighted by Crippen LogP contribution is -2.65. The summed E-state index contributed by atoms with van der Waals surface area (Å²) in [5.41, 5.74) is 2.18. The first-order chi connectivity index (χ1) is 14.1. The van der Waals surface area contributed by atoms with Crippen molar-refractivity contribution in [3.63, 3.8) is 0 Å². The molecule has 30 heavy (non-hydrogen) atoms. The average molecular weight is 435 g/mol. The normalized spacial score (nSPS) is 28.6. The van der Waals surface area contributed by atoms with Gasteiger partial charge in [0.2, 0.25) is 6.41 Å². The minimum absolute atomic E-state index is 0. The molecule has 5 nitrogen and oxygen atoms in total. The molecule has 1 aliphatic carbocycles. The highest BCUT2D eigenvalue weighted by Crippen LogP contribution is 2.43. The molecule has 0 aromatic heterocycles. The highest BCUT2D eigenvalue weighted by molar-refractivity contribution is 5.89.